The van der Waals surface area contributed by atoms with Crippen molar-refractivity contribution in [3.05, 3.63) is 23.4 Å². The van der Waals surface area contributed by atoms with Gasteiger partial charge < -0.3 is 5.32 Å². The predicted octanol–water partition coefficient (Wildman–Crippen LogP) is 0.531. The van der Waals surface area contributed by atoms with Crippen LogP contribution in [0.3, 0.4) is 0 Å². The van der Waals surface area contributed by atoms with Crippen LogP contribution < -0.4 is 10.0 Å². The second-order valence-corrected chi connectivity index (χ2v) is 6.15. The summed E-state index contributed by atoms with van der Waals surface area (Å²) in [6.07, 6.45) is 3.30. The second kappa shape index (κ2) is 5.01. The predicted molar refractivity (Wildman–Crippen MR) is 67.6 cm³/mol. The number of anilines is 1. The standard InChI is InChI=1S/C11H17N3O2S/c1-12-17(15,16)8-7-13-11-6-5-9-3-2-4-10(9)14-11/h5-6,12H,2-4,7-8H2,1H3,(H,13,14). The number of fused-ring (bicyclic) bond motifs is 1. The topological polar surface area (TPSA) is 71.1 Å². The maximum atomic E-state index is 11.2. The van der Waals surface area contributed by atoms with E-state index >= 15 is 0 Å². The lowest BCUT2D eigenvalue weighted by Gasteiger charge is -2.07. The second-order valence-electron chi connectivity index (χ2n) is 4.11. The fourth-order valence-electron chi connectivity index (χ4n) is 1.93. The number of aryl methyl sites for hydroxylation is 2. The first-order valence-electron chi connectivity index (χ1n) is 5.74. The van der Waals surface area contributed by atoms with Crippen LogP contribution in [0.1, 0.15) is 17.7 Å². The number of rotatable bonds is 5. The van der Waals surface area contributed by atoms with Crippen molar-refractivity contribution in [2.45, 2.75) is 19.3 Å². The quantitative estimate of drug-likeness (QED) is 0.805. The molecule has 2 rings (SSSR count). The van der Waals surface area contributed by atoms with E-state index in [-0.39, 0.29) is 5.75 Å². The van der Waals surface area contributed by atoms with E-state index in [4.69, 9.17) is 0 Å². The fraction of sp³-hybridized carbons (Fsp3) is 0.545. The number of aromatic nitrogens is 1. The van der Waals surface area contributed by atoms with Crippen LogP contribution in [0.2, 0.25) is 0 Å². The van der Waals surface area contributed by atoms with Gasteiger partial charge in [0.15, 0.2) is 0 Å². The zero-order valence-corrected chi connectivity index (χ0v) is 10.7. The Labute approximate surface area is 102 Å². The van der Waals surface area contributed by atoms with E-state index in [1.165, 1.54) is 19.0 Å². The van der Waals surface area contributed by atoms with Gasteiger partial charge in [-0.2, -0.15) is 0 Å². The molecule has 2 N–H and O–H groups in total. The molecule has 1 aromatic heterocycles. The smallest absolute Gasteiger partial charge is 0.213 e. The van der Waals surface area contributed by atoms with Crippen LogP contribution in [0.25, 0.3) is 0 Å². The van der Waals surface area contributed by atoms with E-state index < -0.39 is 10.0 Å². The Kier molecular flexibility index (Phi) is 3.63. The molecule has 0 saturated carbocycles. The number of hydrogen-bond acceptors (Lipinski definition) is 4. The van der Waals surface area contributed by atoms with Crippen molar-refractivity contribution in [2.75, 3.05) is 24.7 Å². The molecule has 0 bridgehead atoms. The molecule has 0 spiro atoms. The van der Waals surface area contributed by atoms with Crippen molar-refractivity contribution in [2.24, 2.45) is 0 Å². The van der Waals surface area contributed by atoms with Gasteiger partial charge in [0, 0.05) is 12.2 Å². The first-order chi connectivity index (χ1) is 8.11. The minimum Gasteiger partial charge on any atom is -0.369 e. The molecule has 5 nitrogen and oxygen atoms in total. The highest BCUT2D eigenvalue weighted by Gasteiger charge is 2.12. The lowest BCUT2D eigenvalue weighted by Crippen LogP contribution is -2.26. The molecule has 1 aliphatic carbocycles. The van der Waals surface area contributed by atoms with Crippen LogP contribution in [0.15, 0.2) is 12.1 Å². The molecule has 0 fully saturated rings. The van der Waals surface area contributed by atoms with Crippen molar-refractivity contribution in [3.8, 4) is 0 Å². The molecule has 0 aromatic carbocycles. The molecule has 0 aliphatic heterocycles. The monoisotopic (exact) mass is 255 g/mol. The maximum absolute atomic E-state index is 11.2. The van der Waals surface area contributed by atoms with Crippen molar-refractivity contribution in [1.29, 1.82) is 0 Å². The van der Waals surface area contributed by atoms with Crippen molar-refractivity contribution >= 4 is 15.8 Å². The lowest BCUT2D eigenvalue weighted by molar-refractivity contribution is 0.588. The molecule has 0 atom stereocenters. The third-order valence-corrected chi connectivity index (χ3v) is 4.28. The van der Waals surface area contributed by atoms with Crippen LogP contribution in [0.5, 0.6) is 0 Å². The van der Waals surface area contributed by atoms with Gasteiger partial charge in [0.05, 0.1) is 5.75 Å². The number of nitrogens with zero attached hydrogens (tertiary/aromatic N) is 1. The molecule has 6 heteroatoms. The molecule has 1 heterocycles. The van der Waals surface area contributed by atoms with Crippen LogP contribution in [-0.2, 0) is 22.9 Å². The molecule has 94 valence electrons. The number of nitrogens with one attached hydrogen (secondary N) is 2. The van der Waals surface area contributed by atoms with Crippen molar-refractivity contribution in [3.63, 3.8) is 0 Å². The normalized spacial score (nSPS) is 14.6. The van der Waals surface area contributed by atoms with E-state index in [0.29, 0.717) is 6.54 Å². The molecule has 0 radical (unpaired) electrons. The Morgan fingerprint density at radius 3 is 2.94 bits per heavy atom. The van der Waals surface area contributed by atoms with Gasteiger partial charge in [-0.25, -0.2) is 18.1 Å². The Balaban J connectivity index is 1.92. The summed E-state index contributed by atoms with van der Waals surface area (Å²) in [5.74, 6) is 0.819. The summed E-state index contributed by atoms with van der Waals surface area (Å²) in [7, 11) is -1.72. The van der Waals surface area contributed by atoms with E-state index in [0.717, 1.165) is 24.4 Å². The number of hydrogen-bond donors (Lipinski definition) is 2. The van der Waals surface area contributed by atoms with Gasteiger partial charge in [-0.1, -0.05) is 6.07 Å². The highest BCUT2D eigenvalue weighted by molar-refractivity contribution is 7.89. The molecule has 0 saturated heterocycles. The molecular formula is C11H17N3O2S. The summed E-state index contributed by atoms with van der Waals surface area (Å²) in [4.78, 5) is 4.47. The van der Waals surface area contributed by atoms with Crippen LogP contribution in [-0.4, -0.2) is 32.7 Å². The molecule has 1 aliphatic rings. The van der Waals surface area contributed by atoms with Crippen molar-refractivity contribution < 1.29 is 8.42 Å². The highest BCUT2D eigenvalue weighted by atomic mass is 32.2. The molecule has 0 unspecified atom stereocenters. The zero-order valence-electron chi connectivity index (χ0n) is 9.86. The first kappa shape index (κ1) is 12.3. The fourth-order valence-corrected chi connectivity index (χ4v) is 2.51. The van der Waals surface area contributed by atoms with E-state index in [1.807, 2.05) is 6.07 Å². The van der Waals surface area contributed by atoms with Gasteiger partial charge in [-0.15, -0.1) is 0 Å². The summed E-state index contributed by atoms with van der Waals surface area (Å²) >= 11 is 0. The minimum atomic E-state index is -3.14. The molecule has 0 amide bonds. The van der Waals surface area contributed by atoms with Gasteiger partial charge in [0.1, 0.15) is 5.82 Å². The summed E-state index contributed by atoms with van der Waals surface area (Å²) in [6, 6.07) is 3.99. The van der Waals surface area contributed by atoms with E-state index in [1.54, 1.807) is 0 Å². The molecule has 17 heavy (non-hydrogen) atoms. The van der Waals surface area contributed by atoms with Crippen LogP contribution in [0.4, 0.5) is 5.82 Å². The maximum Gasteiger partial charge on any atom is 0.213 e. The van der Waals surface area contributed by atoms with Gasteiger partial charge in [0.2, 0.25) is 10.0 Å². The number of pyridine rings is 1. The van der Waals surface area contributed by atoms with E-state index in [9.17, 15) is 8.42 Å². The van der Waals surface area contributed by atoms with Gasteiger partial charge in [0.25, 0.3) is 0 Å². The number of sulfonamides is 1. The average molecular weight is 255 g/mol. The Hall–Kier alpha value is -1.14. The van der Waals surface area contributed by atoms with Gasteiger partial charge in [-0.05, 0) is 37.9 Å². The summed E-state index contributed by atoms with van der Waals surface area (Å²) < 4.78 is 24.7. The van der Waals surface area contributed by atoms with Gasteiger partial charge >= 0.3 is 0 Å². The molecular weight excluding hydrogens is 238 g/mol. The Bertz CT molecular complexity index is 499. The molecule has 1 aromatic rings. The SMILES string of the molecule is CNS(=O)(=O)CCNc1ccc2c(n1)CCC2. The third kappa shape index (κ3) is 3.17. The highest BCUT2D eigenvalue weighted by Crippen LogP contribution is 2.21. The Morgan fingerprint density at radius 2 is 2.18 bits per heavy atom. The van der Waals surface area contributed by atoms with Crippen LogP contribution in [0, 0.1) is 0 Å². The van der Waals surface area contributed by atoms with E-state index in [2.05, 4.69) is 21.1 Å². The Morgan fingerprint density at radius 1 is 1.35 bits per heavy atom. The summed E-state index contributed by atoms with van der Waals surface area (Å²) in [5, 5.41) is 3.03. The third-order valence-electron chi connectivity index (χ3n) is 2.92. The first-order valence-corrected chi connectivity index (χ1v) is 7.40. The van der Waals surface area contributed by atoms with Crippen molar-refractivity contribution in [1.82, 2.24) is 9.71 Å². The minimum absolute atomic E-state index is 0.0578. The largest absolute Gasteiger partial charge is 0.369 e. The summed E-state index contributed by atoms with van der Waals surface area (Å²) in [6.45, 7) is 0.370. The van der Waals surface area contributed by atoms with Crippen LogP contribution >= 0.6 is 0 Å². The van der Waals surface area contributed by atoms with Gasteiger partial charge in [-0.3, -0.25) is 0 Å². The average Bonchev–Trinajstić information content (AvgIpc) is 2.76. The summed E-state index contributed by atoms with van der Waals surface area (Å²) in [5.41, 5.74) is 2.46. The lowest BCUT2D eigenvalue weighted by atomic mass is 10.2. The zero-order chi connectivity index (χ0) is 12.3.